The second kappa shape index (κ2) is 6.94. The van der Waals surface area contributed by atoms with Crippen LogP contribution < -0.4 is 15.4 Å². The molecule has 2 N–H and O–H groups in total. The van der Waals surface area contributed by atoms with Crippen LogP contribution in [0.2, 0.25) is 0 Å². The van der Waals surface area contributed by atoms with Crippen LogP contribution in [0.15, 0.2) is 24.3 Å². The Morgan fingerprint density at radius 2 is 2.00 bits per heavy atom. The van der Waals surface area contributed by atoms with Gasteiger partial charge in [0.05, 0.1) is 6.61 Å². The predicted octanol–water partition coefficient (Wildman–Crippen LogP) is 2.80. The van der Waals surface area contributed by atoms with Crippen molar-refractivity contribution in [3.63, 3.8) is 0 Å². The van der Waals surface area contributed by atoms with Crippen molar-refractivity contribution >= 4 is 11.6 Å². The summed E-state index contributed by atoms with van der Waals surface area (Å²) in [6.07, 6.45) is 5.36. The van der Waals surface area contributed by atoms with Gasteiger partial charge in [0, 0.05) is 12.1 Å². The van der Waals surface area contributed by atoms with Gasteiger partial charge in [0.25, 0.3) is 0 Å². The van der Waals surface area contributed by atoms with Crippen LogP contribution in [0.25, 0.3) is 0 Å². The predicted molar refractivity (Wildman–Crippen MR) is 83.5 cm³/mol. The number of amides is 1. The van der Waals surface area contributed by atoms with E-state index in [1.54, 1.807) is 0 Å². The van der Waals surface area contributed by atoms with Crippen LogP contribution in [0.1, 0.15) is 32.1 Å². The van der Waals surface area contributed by atoms with E-state index in [1.807, 2.05) is 24.3 Å². The summed E-state index contributed by atoms with van der Waals surface area (Å²) in [5.41, 5.74) is 0.850. The Morgan fingerprint density at radius 3 is 2.67 bits per heavy atom. The standard InChI is InChI=1S/C17H24N2O2/c20-17(8-3-13-9-10-18-11-13)19-15-4-6-16(7-5-15)21-12-14-1-2-14/h4-7,13-14,18H,1-3,8-12H2,(H,19,20). The Labute approximate surface area is 126 Å². The molecule has 1 saturated heterocycles. The Kier molecular flexibility index (Phi) is 4.76. The Bertz CT molecular complexity index is 462. The molecule has 2 aliphatic rings. The molecule has 1 heterocycles. The number of benzene rings is 1. The summed E-state index contributed by atoms with van der Waals surface area (Å²) < 4.78 is 5.69. The molecule has 4 heteroatoms. The first-order valence-corrected chi connectivity index (χ1v) is 8.03. The zero-order chi connectivity index (χ0) is 14.5. The number of rotatable bonds is 7. The Morgan fingerprint density at radius 1 is 1.19 bits per heavy atom. The van der Waals surface area contributed by atoms with Gasteiger partial charge < -0.3 is 15.4 Å². The van der Waals surface area contributed by atoms with Crippen molar-refractivity contribution in [3.8, 4) is 5.75 Å². The zero-order valence-electron chi connectivity index (χ0n) is 12.4. The van der Waals surface area contributed by atoms with Crippen LogP contribution in [0.5, 0.6) is 5.75 Å². The summed E-state index contributed by atoms with van der Waals surface area (Å²) in [5, 5.41) is 6.29. The molecule has 0 bridgehead atoms. The maximum absolute atomic E-state index is 11.9. The van der Waals surface area contributed by atoms with Crippen LogP contribution in [-0.4, -0.2) is 25.6 Å². The molecule has 1 saturated carbocycles. The topological polar surface area (TPSA) is 50.4 Å². The van der Waals surface area contributed by atoms with E-state index in [-0.39, 0.29) is 5.91 Å². The highest BCUT2D eigenvalue weighted by atomic mass is 16.5. The zero-order valence-corrected chi connectivity index (χ0v) is 12.4. The van der Waals surface area contributed by atoms with E-state index < -0.39 is 0 Å². The number of carbonyl (C=O) groups is 1. The van der Waals surface area contributed by atoms with Crippen LogP contribution in [0.4, 0.5) is 5.69 Å². The van der Waals surface area contributed by atoms with Crippen molar-refractivity contribution in [1.82, 2.24) is 5.32 Å². The van der Waals surface area contributed by atoms with Gasteiger partial charge >= 0.3 is 0 Å². The molecule has 0 spiro atoms. The van der Waals surface area contributed by atoms with E-state index in [4.69, 9.17) is 4.74 Å². The van der Waals surface area contributed by atoms with Gasteiger partial charge in [0.1, 0.15) is 5.75 Å². The van der Waals surface area contributed by atoms with Crippen LogP contribution in [0.3, 0.4) is 0 Å². The van der Waals surface area contributed by atoms with Crippen molar-refractivity contribution in [3.05, 3.63) is 24.3 Å². The van der Waals surface area contributed by atoms with Gasteiger partial charge in [-0.3, -0.25) is 4.79 Å². The minimum atomic E-state index is 0.105. The average molecular weight is 288 g/mol. The van der Waals surface area contributed by atoms with Gasteiger partial charge in [-0.1, -0.05) is 0 Å². The highest BCUT2D eigenvalue weighted by molar-refractivity contribution is 5.90. The number of hydrogen-bond acceptors (Lipinski definition) is 3. The molecule has 1 atom stereocenters. The second-order valence-electron chi connectivity index (χ2n) is 6.22. The lowest BCUT2D eigenvalue weighted by atomic mass is 10.0. The van der Waals surface area contributed by atoms with Crippen molar-refractivity contribution in [2.75, 3.05) is 25.0 Å². The maximum atomic E-state index is 11.9. The molecule has 114 valence electrons. The lowest BCUT2D eigenvalue weighted by Gasteiger charge is -2.10. The smallest absolute Gasteiger partial charge is 0.224 e. The van der Waals surface area contributed by atoms with Gasteiger partial charge in [-0.2, -0.15) is 0 Å². The monoisotopic (exact) mass is 288 g/mol. The van der Waals surface area contributed by atoms with E-state index >= 15 is 0 Å². The second-order valence-corrected chi connectivity index (χ2v) is 6.22. The fourth-order valence-electron chi connectivity index (χ4n) is 2.65. The van der Waals surface area contributed by atoms with Gasteiger partial charge in [0.15, 0.2) is 0 Å². The first kappa shape index (κ1) is 14.4. The summed E-state index contributed by atoms with van der Waals surface area (Å²) in [6.45, 7) is 2.97. The molecule has 1 aliphatic carbocycles. The molecule has 1 amide bonds. The molecular formula is C17H24N2O2. The number of nitrogens with one attached hydrogen (secondary N) is 2. The van der Waals surface area contributed by atoms with Crippen molar-refractivity contribution in [2.45, 2.75) is 32.1 Å². The van der Waals surface area contributed by atoms with E-state index in [0.717, 1.165) is 43.5 Å². The fourth-order valence-corrected chi connectivity index (χ4v) is 2.65. The Balaban J connectivity index is 1.39. The molecule has 0 aromatic heterocycles. The molecule has 21 heavy (non-hydrogen) atoms. The van der Waals surface area contributed by atoms with Gasteiger partial charge in [-0.15, -0.1) is 0 Å². The van der Waals surface area contributed by atoms with Crippen LogP contribution in [-0.2, 0) is 4.79 Å². The van der Waals surface area contributed by atoms with Crippen molar-refractivity contribution in [2.24, 2.45) is 11.8 Å². The SMILES string of the molecule is O=C(CCC1CCNC1)Nc1ccc(OCC2CC2)cc1. The molecule has 0 radical (unpaired) electrons. The lowest BCUT2D eigenvalue weighted by molar-refractivity contribution is -0.116. The molecule has 1 aliphatic heterocycles. The van der Waals surface area contributed by atoms with E-state index in [9.17, 15) is 4.79 Å². The summed E-state index contributed by atoms with van der Waals surface area (Å²) in [4.78, 5) is 11.9. The third-order valence-electron chi connectivity index (χ3n) is 4.26. The van der Waals surface area contributed by atoms with Gasteiger partial charge in [0.2, 0.25) is 5.91 Å². The summed E-state index contributed by atoms with van der Waals surface area (Å²) in [7, 11) is 0. The van der Waals surface area contributed by atoms with Crippen molar-refractivity contribution < 1.29 is 9.53 Å². The third-order valence-corrected chi connectivity index (χ3v) is 4.26. The summed E-state index contributed by atoms with van der Waals surface area (Å²) in [5.74, 6) is 2.41. The molecule has 1 unspecified atom stereocenters. The van der Waals surface area contributed by atoms with E-state index in [0.29, 0.717) is 12.3 Å². The van der Waals surface area contributed by atoms with Gasteiger partial charge in [-0.25, -0.2) is 0 Å². The molecule has 3 rings (SSSR count). The molecule has 4 nitrogen and oxygen atoms in total. The van der Waals surface area contributed by atoms with Gasteiger partial charge in [-0.05, 0) is 74.9 Å². The number of anilines is 1. The molecule has 2 fully saturated rings. The number of ether oxygens (including phenoxy) is 1. The number of carbonyl (C=O) groups excluding carboxylic acids is 1. The van der Waals surface area contributed by atoms with Crippen LogP contribution >= 0.6 is 0 Å². The number of hydrogen-bond donors (Lipinski definition) is 2. The quantitative estimate of drug-likeness (QED) is 0.811. The first-order chi connectivity index (χ1) is 10.3. The minimum absolute atomic E-state index is 0.105. The first-order valence-electron chi connectivity index (χ1n) is 8.03. The van der Waals surface area contributed by atoms with Crippen molar-refractivity contribution in [1.29, 1.82) is 0 Å². The Hall–Kier alpha value is -1.55. The highest BCUT2D eigenvalue weighted by Gasteiger charge is 2.21. The lowest BCUT2D eigenvalue weighted by Crippen LogP contribution is -2.15. The van der Waals surface area contributed by atoms with Crippen LogP contribution in [0, 0.1) is 11.8 Å². The molecule has 1 aromatic rings. The highest BCUT2D eigenvalue weighted by Crippen LogP contribution is 2.29. The molecule has 1 aromatic carbocycles. The largest absolute Gasteiger partial charge is 0.493 e. The molecular weight excluding hydrogens is 264 g/mol. The normalized spacial score (nSPS) is 21.2. The summed E-state index contributed by atoms with van der Waals surface area (Å²) >= 11 is 0. The summed E-state index contributed by atoms with van der Waals surface area (Å²) in [6, 6.07) is 7.69. The average Bonchev–Trinajstić information content (AvgIpc) is 3.18. The minimum Gasteiger partial charge on any atom is -0.493 e. The fraction of sp³-hybridized carbons (Fsp3) is 0.588. The van der Waals surface area contributed by atoms with E-state index in [2.05, 4.69) is 10.6 Å². The third kappa shape index (κ3) is 4.74. The maximum Gasteiger partial charge on any atom is 0.224 e. The van der Waals surface area contributed by atoms with E-state index in [1.165, 1.54) is 19.3 Å².